The molecule has 3 aromatic rings. The number of rotatable bonds is 4. The highest BCUT2D eigenvalue weighted by Gasteiger charge is 2.23. The Balaban J connectivity index is 1.34. The summed E-state index contributed by atoms with van der Waals surface area (Å²) < 4.78 is 26.2. The lowest BCUT2D eigenvalue weighted by atomic mass is 10.2. The van der Waals surface area contributed by atoms with Crippen LogP contribution in [-0.4, -0.2) is 52.7 Å². The molecule has 0 spiro atoms. The van der Waals surface area contributed by atoms with Gasteiger partial charge in [0.15, 0.2) is 11.6 Å². The number of thioether (sulfide) groups is 1. The van der Waals surface area contributed by atoms with Crippen LogP contribution in [0.3, 0.4) is 0 Å². The Bertz CT molecular complexity index is 973. The minimum Gasteiger partial charge on any atom is -0.352 e. The van der Waals surface area contributed by atoms with E-state index in [1.807, 2.05) is 11.4 Å². The molecular formula is C18H16F2N4OS2. The summed E-state index contributed by atoms with van der Waals surface area (Å²) in [7, 11) is 0. The number of piperazine rings is 1. The fraction of sp³-hybridized carbons (Fsp3) is 0.278. The largest absolute Gasteiger partial charge is 0.352 e. The number of fused-ring (bicyclic) bond motifs is 1. The number of thiophene rings is 1. The van der Waals surface area contributed by atoms with Crippen molar-refractivity contribution in [3.8, 4) is 0 Å². The van der Waals surface area contributed by atoms with Crippen LogP contribution in [0.15, 0.2) is 40.9 Å². The Morgan fingerprint density at radius 1 is 1.11 bits per heavy atom. The van der Waals surface area contributed by atoms with Crippen molar-refractivity contribution >= 4 is 45.0 Å². The van der Waals surface area contributed by atoms with Gasteiger partial charge in [-0.15, -0.1) is 23.1 Å². The molecule has 2 aromatic heterocycles. The molecule has 27 heavy (non-hydrogen) atoms. The van der Waals surface area contributed by atoms with Crippen LogP contribution in [0.1, 0.15) is 0 Å². The molecule has 1 fully saturated rings. The van der Waals surface area contributed by atoms with E-state index in [-0.39, 0.29) is 11.7 Å². The summed E-state index contributed by atoms with van der Waals surface area (Å²) in [6.07, 6.45) is 1.57. The third-order valence-corrected chi connectivity index (χ3v) is 6.23. The number of carbonyl (C=O) groups is 1. The molecule has 0 N–H and O–H groups in total. The summed E-state index contributed by atoms with van der Waals surface area (Å²) in [6.45, 7) is 2.60. The van der Waals surface area contributed by atoms with Crippen LogP contribution in [0, 0.1) is 11.6 Å². The van der Waals surface area contributed by atoms with Gasteiger partial charge in [-0.2, -0.15) is 0 Å². The first-order valence-corrected chi connectivity index (χ1v) is 10.3. The highest BCUT2D eigenvalue weighted by Crippen LogP contribution is 2.27. The molecule has 0 radical (unpaired) electrons. The van der Waals surface area contributed by atoms with Crippen molar-refractivity contribution in [3.63, 3.8) is 0 Å². The average molecular weight is 406 g/mol. The molecule has 0 saturated carbocycles. The van der Waals surface area contributed by atoms with Gasteiger partial charge in [0.2, 0.25) is 5.91 Å². The van der Waals surface area contributed by atoms with Crippen molar-refractivity contribution < 1.29 is 13.6 Å². The molecule has 1 aliphatic rings. The molecule has 1 amide bonds. The van der Waals surface area contributed by atoms with Gasteiger partial charge >= 0.3 is 0 Å². The van der Waals surface area contributed by atoms with Crippen molar-refractivity contribution in [2.75, 3.05) is 36.8 Å². The second-order valence-electron chi connectivity index (χ2n) is 6.07. The molecule has 3 heterocycles. The fourth-order valence-electron chi connectivity index (χ4n) is 3.00. The molecule has 0 aliphatic carbocycles. The van der Waals surface area contributed by atoms with Crippen molar-refractivity contribution in [3.05, 3.63) is 47.6 Å². The third kappa shape index (κ3) is 3.89. The number of carbonyl (C=O) groups excluding carboxylic acids is 1. The van der Waals surface area contributed by atoms with E-state index in [0.717, 1.165) is 28.2 Å². The maximum atomic E-state index is 13.3. The number of halogens is 2. The van der Waals surface area contributed by atoms with E-state index in [4.69, 9.17) is 0 Å². The number of hydrogen-bond acceptors (Lipinski definition) is 6. The van der Waals surface area contributed by atoms with Crippen LogP contribution in [0.4, 0.5) is 14.6 Å². The summed E-state index contributed by atoms with van der Waals surface area (Å²) >= 11 is 2.80. The van der Waals surface area contributed by atoms with Gasteiger partial charge in [0.1, 0.15) is 17.0 Å². The van der Waals surface area contributed by atoms with Crippen LogP contribution in [-0.2, 0) is 4.79 Å². The maximum Gasteiger partial charge on any atom is 0.233 e. The minimum absolute atomic E-state index is 0.00671. The third-order valence-electron chi connectivity index (χ3n) is 4.43. The number of amides is 1. The van der Waals surface area contributed by atoms with Crippen LogP contribution in [0.5, 0.6) is 0 Å². The zero-order valence-corrected chi connectivity index (χ0v) is 15.9. The van der Waals surface area contributed by atoms with Crippen molar-refractivity contribution in [1.82, 2.24) is 14.9 Å². The number of hydrogen-bond donors (Lipinski definition) is 0. The lowest BCUT2D eigenvalue weighted by Gasteiger charge is -2.35. The van der Waals surface area contributed by atoms with E-state index in [1.54, 1.807) is 22.6 Å². The maximum absolute atomic E-state index is 13.3. The van der Waals surface area contributed by atoms with E-state index in [0.29, 0.717) is 31.1 Å². The van der Waals surface area contributed by atoms with E-state index in [1.165, 1.54) is 17.8 Å². The van der Waals surface area contributed by atoms with Crippen LogP contribution in [0.25, 0.3) is 10.2 Å². The van der Waals surface area contributed by atoms with E-state index >= 15 is 0 Å². The number of benzene rings is 1. The van der Waals surface area contributed by atoms with Crippen LogP contribution < -0.4 is 4.90 Å². The number of nitrogens with zero attached hydrogens (tertiary/aromatic N) is 4. The number of aromatic nitrogens is 2. The molecule has 0 bridgehead atoms. The zero-order valence-electron chi connectivity index (χ0n) is 14.3. The van der Waals surface area contributed by atoms with Gasteiger partial charge in [-0.25, -0.2) is 18.7 Å². The Labute approximate surface area is 163 Å². The molecule has 1 aromatic carbocycles. The van der Waals surface area contributed by atoms with Gasteiger partial charge in [0, 0.05) is 31.1 Å². The standard InChI is InChI=1S/C18H16F2N4OS2/c19-14-2-1-12(9-15(14)20)27-10-16(25)23-4-6-24(7-5-23)17-13-3-8-26-18(13)22-11-21-17/h1-3,8-9,11H,4-7,10H2. The second-order valence-corrected chi connectivity index (χ2v) is 8.01. The summed E-state index contributed by atoms with van der Waals surface area (Å²) in [4.78, 5) is 26.6. The Kier molecular flexibility index (Phi) is 5.22. The molecular weight excluding hydrogens is 390 g/mol. The highest BCUT2D eigenvalue weighted by atomic mass is 32.2. The van der Waals surface area contributed by atoms with Crippen LogP contribution in [0.2, 0.25) is 0 Å². The molecule has 5 nitrogen and oxygen atoms in total. The van der Waals surface area contributed by atoms with Crippen molar-refractivity contribution in [1.29, 1.82) is 0 Å². The lowest BCUT2D eigenvalue weighted by Crippen LogP contribution is -2.49. The Hall–Kier alpha value is -2.26. The first kappa shape index (κ1) is 18.1. The molecule has 0 unspecified atom stereocenters. The van der Waals surface area contributed by atoms with Crippen molar-refractivity contribution in [2.24, 2.45) is 0 Å². The summed E-state index contributed by atoms with van der Waals surface area (Å²) in [5.74, 6) is -0.679. The molecule has 0 atom stereocenters. The van der Waals surface area contributed by atoms with Crippen LogP contribution >= 0.6 is 23.1 Å². The fourth-order valence-corrected chi connectivity index (χ4v) is 4.55. The molecule has 9 heteroatoms. The molecule has 140 valence electrons. The zero-order chi connectivity index (χ0) is 18.8. The first-order chi connectivity index (χ1) is 13.1. The van der Waals surface area contributed by atoms with Gasteiger partial charge < -0.3 is 9.80 Å². The molecule has 1 aliphatic heterocycles. The smallest absolute Gasteiger partial charge is 0.233 e. The topological polar surface area (TPSA) is 49.3 Å². The monoisotopic (exact) mass is 406 g/mol. The van der Waals surface area contributed by atoms with Gasteiger partial charge in [-0.1, -0.05) is 0 Å². The highest BCUT2D eigenvalue weighted by molar-refractivity contribution is 8.00. The van der Waals surface area contributed by atoms with Gasteiger partial charge in [-0.05, 0) is 29.6 Å². The van der Waals surface area contributed by atoms with Gasteiger partial charge in [-0.3, -0.25) is 4.79 Å². The van der Waals surface area contributed by atoms with E-state index in [9.17, 15) is 13.6 Å². The normalized spacial score (nSPS) is 14.7. The second kappa shape index (κ2) is 7.77. The number of anilines is 1. The van der Waals surface area contributed by atoms with E-state index < -0.39 is 11.6 Å². The van der Waals surface area contributed by atoms with E-state index in [2.05, 4.69) is 14.9 Å². The first-order valence-electron chi connectivity index (χ1n) is 8.40. The summed E-state index contributed by atoms with van der Waals surface area (Å²) in [5.41, 5.74) is 0. The Morgan fingerprint density at radius 2 is 1.93 bits per heavy atom. The SMILES string of the molecule is O=C(CSc1ccc(F)c(F)c1)N1CCN(c2ncnc3sccc23)CC1. The average Bonchev–Trinajstić information content (AvgIpc) is 3.18. The van der Waals surface area contributed by atoms with Gasteiger partial charge in [0.25, 0.3) is 0 Å². The quantitative estimate of drug-likeness (QED) is 0.622. The summed E-state index contributed by atoms with van der Waals surface area (Å²) in [5, 5.41) is 3.04. The molecule has 4 rings (SSSR count). The van der Waals surface area contributed by atoms with Gasteiger partial charge in [0.05, 0.1) is 11.1 Å². The summed E-state index contributed by atoms with van der Waals surface area (Å²) in [6, 6.07) is 5.70. The van der Waals surface area contributed by atoms with Crippen molar-refractivity contribution in [2.45, 2.75) is 4.90 Å². The Morgan fingerprint density at radius 3 is 2.70 bits per heavy atom. The predicted molar refractivity (Wildman–Crippen MR) is 103 cm³/mol. The predicted octanol–water partition coefficient (Wildman–Crippen LogP) is 3.41. The molecule has 1 saturated heterocycles. The minimum atomic E-state index is -0.898. The lowest BCUT2D eigenvalue weighted by molar-refractivity contribution is -0.128.